The van der Waals surface area contributed by atoms with Crippen LogP contribution in [-0.4, -0.2) is 35.3 Å². The van der Waals surface area contributed by atoms with E-state index >= 15 is 0 Å². The first-order chi connectivity index (χ1) is 9.01. The molecular weight excluding hydrogens is 290 g/mol. The van der Waals surface area contributed by atoms with Gasteiger partial charge in [-0.2, -0.15) is 0 Å². The van der Waals surface area contributed by atoms with E-state index in [2.05, 4.69) is 4.72 Å². The molecule has 1 rings (SSSR count). The fourth-order valence-corrected chi connectivity index (χ4v) is 2.95. The van der Waals surface area contributed by atoms with Gasteiger partial charge in [0.1, 0.15) is 10.6 Å². The first-order valence-corrected chi connectivity index (χ1v) is 7.78. The summed E-state index contributed by atoms with van der Waals surface area (Å²) in [7, 11) is -2.06. The maximum absolute atomic E-state index is 12.2. The lowest BCUT2D eigenvalue weighted by atomic mass is 10.3. The van der Waals surface area contributed by atoms with Crippen molar-refractivity contribution in [1.29, 1.82) is 0 Å². The fraction of sp³-hybridized carbons (Fsp3) is 0.500. The number of methoxy groups -OCH3 is 1. The minimum absolute atomic E-state index is 0.0549. The third kappa shape index (κ3) is 4.99. The highest BCUT2D eigenvalue weighted by molar-refractivity contribution is 7.89. The van der Waals surface area contributed by atoms with Crippen LogP contribution in [0.2, 0.25) is 5.02 Å². The van der Waals surface area contributed by atoms with Crippen molar-refractivity contribution in [3.8, 4) is 5.75 Å². The third-order valence-electron chi connectivity index (χ3n) is 2.31. The zero-order valence-electron chi connectivity index (χ0n) is 11.0. The Morgan fingerprint density at radius 2 is 2.11 bits per heavy atom. The van der Waals surface area contributed by atoms with Crippen LogP contribution >= 0.6 is 11.6 Å². The van der Waals surface area contributed by atoms with Gasteiger partial charge in [0.15, 0.2) is 0 Å². The summed E-state index contributed by atoms with van der Waals surface area (Å²) in [6.07, 6.45) is 0.597. The Balaban J connectivity index is 2.89. The van der Waals surface area contributed by atoms with Gasteiger partial charge in [0, 0.05) is 25.3 Å². The van der Waals surface area contributed by atoms with E-state index in [0.29, 0.717) is 37.0 Å². The van der Waals surface area contributed by atoms with Crippen LogP contribution in [-0.2, 0) is 14.8 Å². The van der Waals surface area contributed by atoms with Crippen LogP contribution in [0.15, 0.2) is 23.1 Å². The van der Waals surface area contributed by atoms with Crippen LogP contribution in [0.3, 0.4) is 0 Å². The zero-order chi connectivity index (χ0) is 14.3. The monoisotopic (exact) mass is 307 g/mol. The highest BCUT2D eigenvalue weighted by atomic mass is 35.5. The SMILES string of the molecule is CCOc1ccc(Cl)cc1S(=O)(=O)NCCCOC. The predicted molar refractivity (Wildman–Crippen MR) is 74.3 cm³/mol. The molecule has 0 amide bonds. The molecule has 0 aliphatic carbocycles. The van der Waals surface area contributed by atoms with Crippen LogP contribution in [0.4, 0.5) is 0 Å². The summed E-state index contributed by atoms with van der Waals surface area (Å²) in [4.78, 5) is 0.0549. The number of hydrogen-bond donors (Lipinski definition) is 1. The quantitative estimate of drug-likeness (QED) is 0.747. The molecule has 1 aromatic rings. The molecule has 0 saturated heterocycles. The summed E-state index contributed by atoms with van der Waals surface area (Å²) >= 11 is 5.84. The maximum Gasteiger partial charge on any atom is 0.244 e. The van der Waals surface area contributed by atoms with Gasteiger partial charge in [-0.1, -0.05) is 11.6 Å². The van der Waals surface area contributed by atoms with E-state index in [-0.39, 0.29) is 4.90 Å². The van der Waals surface area contributed by atoms with Gasteiger partial charge in [0.05, 0.1) is 6.61 Å². The molecule has 0 aromatic heterocycles. The molecule has 0 heterocycles. The highest BCUT2D eigenvalue weighted by Gasteiger charge is 2.19. The molecule has 0 spiro atoms. The summed E-state index contributed by atoms with van der Waals surface area (Å²) in [5, 5.41) is 0.348. The number of sulfonamides is 1. The molecule has 0 atom stereocenters. The van der Waals surface area contributed by atoms with E-state index in [1.807, 2.05) is 0 Å². The van der Waals surface area contributed by atoms with Crippen molar-refractivity contribution in [2.24, 2.45) is 0 Å². The van der Waals surface area contributed by atoms with Gasteiger partial charge in [-0.25, -0.2) is 13.1 Å². The smallest absolute Gasteiger partial charge is 0.244 e. The average molecular weight is 308 g/mol. The van der Waals surface area contributed by atoms with Crippen molar-refractivity contribution >= 4 is 21.6 Å². The topological polar surface area (TPSA) is 64.6 Å². The molecule has 0 aliphatic heterocycles. The molecule has 0 fully saturated rings. The Bertz CT molecular complexity index is 504. The Morgan fingerprint density at radius 1 is 1.37 bits per heavy atom. The Kier molecular flexibility index (Phi) is 6.57. The molecular formula is C12H18ClNO4S. The normalized spacial score (nSPS) is 11.5. The summed E-state index contributed by atoms with van der Waals surface area (Å²) in [6, 6.07) is 4.53. The van der Waals surface area contributed by atoms with Crippen molar-refractivity contribution in [2.45, 2.75) is 18.2 Å². The molecule has 0 unspecified atom stereocenters. The molecule has 7 heteroatoms. The molecule has 5 nitrogen and oxygen atoms in total. The highest BCUT2D eigenvalue weighted by Crippen LogP contribution is 2.27. The van der Waals surface area contributed by atoms with E-state index < -0.39 is 10.0 Å². The lowest BCUT2D eigenvalue weighted by Crippen LogP contribution is -2.26. The fourth-order valence-electron chi connectivity index (χ4n) is 1.47. The number of rotatable bonds is 8. The van der Waals surface area contributed by atoms with Gasteiger partial charge in [-0.05, 0) is 31.5 Å². The van der Waals surface area contributed by atoms with E-state index in [9.17, 15) is 8.42 Å². The van der Waals surface area contributed by atoms with E-state index in [1.54, 1.807) is 26.2 Å². The molecule has 0 bridgehead atoms. The summed E-state index contributed by atoms with van der Waals surface area (Å²) < 4.78 is 37.0. The van der Waals surface area contributed by atoms with Crippen molar-refractivity contribution in [1.82, 2.24) is 4.72 Å². The predicted octanol–water partition coefficient (Wildman–Crippen LogP) is 2.05. The molecule has 1 N–H and O–H groups in total. The average Bonchev–Trinajstić information content (AvgIpc) is 2.37. The van der Waals surface area contributed by atoms with Crippen molar-refractivity contribution in [3.05, 3.63) is 23.2 Å². The summed E-state index contributed by atoms with van der Waals surface area (Å²) in [5.41, 5.74) is 0. The van der Waals surface area contributed by atoms with Crippen LogP contribution in [0.25, 0.3) is 0 Å². The Labute approximate surface area is 118 Å². The third-order valence-corrected chi connectivity index (χ3v) is 4.03. The van der Waals surface area contributed by atoms with Gasteiger partial charge in [-0.15, -0.1) is 0 Å². The Morgan fingerprint density at radius 3 is 2.74 bits per heavy atom. The van der Waals surface area contributed by atoms with Gasteiger partial charge in [0.2, 0.25) is 10.0 Å². The number of hydrogen-bond acceptors (Lipinski definition) is 4. The van der Waals surface area contributed by atoms with Crippen LogP contribution < -0.4 is 9.46 Å². The number of halogens is 1. The second-order valence-electron chi connectivity index (χ2n) is 3.77. The largest absolute Gasteiger partial charge is 0.492 e. The number of nitrogens with one attached hydrogen (secondary N) is 1. The summed E-state index contributed by atoms with van der Waals surface area (Å²) in [6.45, 7) is 2.97. The van der Waals surface area contributed by atoms with Crippen molar-refractivity contribution in [3.63, 3.8) is 0 Å². The first kappa shape index (κ1) is 16.2. The lowest BCUT2D eigenvalue weighted by Gasteiger charge is -2.12. The van der Waals surface area contributed by atoms with Gasteiger partial charge < -0.3 is 9.47 Å². The second-order valence-corrected chi connectivity index (χ2v) is 5.94. The Hall–Kier alpha value is -0.820. The van der Waals surface area contributed by atoms with Crippen molar-refractivity contribution in [2.75, 3.05) is 26.9 Å². The second kappa shape index (κ2) is 7.69. The van der Waals surface area contributed by atoms with Crippen LogP contribution in [0, 0.1) is 0 Å². The van der Waals surface area contributed by atoms with Crippen molar-refractivity contribution < 1.29 is 17.9 Å². The number of ether oxygens (including phenoxy) is 2. The molecule has 108 valence electrons. The molecule has 0 saturated carbocycles. The first-order valence-electron chi connectivity index (χ1n) is 5.92. The van der Waals surface area contributed by atoms with E-state index in [4.69, 9.17) is 21.1 Å². The minimum Gasteiger partial charge on any atom is -0.492 e. The zero-order valence-corrected chi connectivity index (χ0v) is 12.6. The standard InChI is InChI=1S/C12H18ClNO4S/c1-3-18-11-6-5-10(13)9-12(11)19(15,16)14-7-4-8-17-2/h5-6,9,14H,3-4,7-8H2,1-2H3. The molecule has 0 aliphatic rings. The summed E-state index contributed by atoms with van der Waals surface area (Å²) in [5.74, 6) is 0.297. The molecule has 0 radical (unpaired) electrons. The maximum atomic E-state index is 12.2. The van der Waals surface area contributed by atoms with E-state index in [0.717, 1.165) is 0 Å². The molecule has 1 aromatic carbocycles. The van der Waals surface area contributed by atoms with Gasteiger partial charge in [0.25, 0.3) is 0 Å². The molecule has 19 heavy (non-hydrogen) atoms. The number of benzene rings is 1. The van der Waals surface area contributed by atoms with Crippen LogP contribution in [0.5, 0.6) is 5.75 Å². The minimum atomic E-state index is -3.63. The van der Waals surface area contributed by atoms with E-state index in [1.165, 1.54) is 6.07 Å². The van der Waals surface area contributed by atoms with Gasteiger partial charge in [-0.3, -0.25) is 0 Å². The van der Waals surface area contributed by atoms with Gasteiger partial charge >= 0.3 is 0 Å². The lowest BCUT2D eigenvalue weighted by molar-refractivity contribution is 0.196. The van der Waals surface area contributed by atoms with Crippen LogP contribution in [0.1, 0.15) is 13.3 Å².